The Kier molecular flexibility index (Phi) is 4.96. The van der Waals surface area contributed by atoms with Gasteiger partial charge >= 0.3 is 7.12 Å². The van der Waals surface area contributed by atoms with Gasteiger partial charge in [-0.2, -0.15) is 0 Å². The average molecular weight is 462 g/mol. The summed E-state index contributed by atoms with van der Waals surface area (Å²) >= 11 is 1.87. The van der Waals surface area contributed by atoms with Gasteiger partial charge in [-0.15, -0.1) is 11.3 Å². The molecule has 0 radical (unpaired) electrons. The van der Waals surface area contributed by atoms with Crippen molar-refractivity contribution in [2.75, 3.05) is 0 Å². The summed E-state index contributed by atoms with van der Waals surface area (Å²) in [6, 6.07) is 32.7. The second kappa shape index (κ2) is 7.81. The summed E-state index contributed by atoms with van der Waals surface area (Å²) < 4.78 is 15.1. The van der Waals surface area contributed by atoms with Crippen molar-refractivity contribution in [2.45, 2.75) is 38.9 Å². The molecule has 1 saturated heterocycles. The molecule has 0 N–H and O–H groups in total. The fraction of sp³-hybridized carbons (Fsp3) is 0.200. The molecule has 0 aliphatic carbocycles. The van der Waals surface area contributed by atoms with Gasteiger partial charge in [-0.1, -0.05) is 78.9 Å². The van der Waals surface area contributed by atoms with Crippen LogP contribution in [0.2, 0.25) is 0 Å². The molecule has 0 atom stereocenters. The highest BCUT2D eigenvalue weighted by atomic mass is 32.1. The van der Waals surface area contributed by atoms with Crippen molar-refractivity contribution < 1.29 is 9.31 Å². The molecule has 1 aliphatic heterocycles. The Labute approximate surface area is 205 Å². The van der Waals surface area contributed by atoms with E-state index >= 15 is 0 Å². The van der Waals surface area contributed by atoms with E-state index in [0.29, 0.717) is 0 Å². The highest BCUT2D eigenvalue weighted by Crippen LogP contribution is 2.40. The van der Waals surface area contributed by atoms with Gasteiger partial charge in [0, 0.05) is 20.2 Å². The van der Waals surface area contributed by atoms with E-state index in [0.717, 1.165) is 5.46 Å². The molecule has 0 unspecified atom stereocenters. The lowest BCUT2D eigenvalue weighted by atomic mass is 9.78. The third kappa shape index (κ3) is 3.49. The Morgan fingerprint density at radius 1 is 0.618 bits per heavy atom. The minimum Gasteiger partial charge on any atom is -0.399 e. The van der Waals surface area contributed by atoms with E-state index < -0.39 is 0 Å². The summed E-state index contributed by atoms with van der Waals surface area (Å²) in [4.78, 5) is 0. The molecule has 4 aromatic carbocycles. The van der Waals surface area contributed by atoms with Gasteiger partial charge in [0.15, 0.2) is 0 Å². The van der Waals surface area contributed by atoms with E-state index in [1.54, 1.807) is 0 Å². The van der Waals surface area contributed by atoms with Gasteiger partial charge in [0.2, 0.25) is 0 Å². The zero-order valence-electron chi connectivity index (χ0n) is 20.0. The lowest BCUT2D eigenvalue weighted by Gasteiger charge is -2.32. The summed E-state index contributed by atoms with van der Waals surface area (Å²) in [6.45, 7) is 8.35. The lowest BCUT2D eigenvalue weighted by Crippen LogP contribution is -2.41. The molecule has 0 bridgehead atoms. The van der Waals surface area contributed by atoms with Crippen LogP contribution < -0.4 is 5.46 Å². The number of rotatable bonds is 3. The summed E-state index contributed by atoms with van der Waals surface area (Å²) in [5, 5.41) is 2.66. The molecule has 0 spiro atoms. The molecular weight excluding hydrogens is 435 g/mol. The van der Waals surface area contributed by atoms with Crippen molar-refractivity contribution in [3.05, 3.63) is 91.0 Å². The van der Waals surface area contributed by atoms with Crippen LogP contribution in [0, 0.1) is 0 Å². The highest BCUT2D eigenvalue weighted by molar-refractivity contribution is 7.26. The van der Waals surface area contributed by atoms with Gasteiger partial charge in [-0.25, -0.2) is 0 Å². The number of thiophene rings is 1. The van der Waals surface area contributed by atoms with E-state index in [-0.39, 0.29) is 18.3 Å². The van der Waals surface area contributed by atoms with Gasteiger partial charge in [0.25, 0.3) is 0 Å². The summed E-state index contributed by atoms with van der Waals surface area (Å²) in [7, 11) is -0.337. The first-order valence-corrected chi connectivity index (χ1v) is 12.6. The van der Waals surface area contributed by atoms with Crippen molar-refractivity contribution in [3.63, 3.8) is 0 Å². The van der Waals surface area contributed by atoms with Crippen molar-refractivity contribution in [3.8, 4) is 22.3 Å². The van der Waals surface area contributed by atoms with E-state index in [2.05, 4.69) is 119 Å². The van der Waals surface area contributed by atoms with Gasteiger partial charge < -0.3 is 9.31 Å². The normalized spacial score (nSPS) is 17.0. The number of hydrogen-bond donors (Lipinski definition) is 0. The Bertz CT molecular complexity index is 1500. The first kappa shape index (κ1) is 21.6. The predicted octanol–water partition coefficient (Wildman–Crippen LogP) is 7.69. The van der Waals surface area contributed by atoms with Crippen LogP contribution >= 0.6 is 11.3 Å². The second-order valence-electron chi connectivity index (χ2n) is 10.1. The fourth-order valence-corrected chi connectivity index (χ4v) is 5.89. The van der Waals surface area contributed by atoms with Crippen LogP contribution in [0.25, 0.3) is 42.4 Å². The van der Waals surface area contributed by atoms with Crippen LogP contribution in [0.3, 0.4) is 0 Å². The summed E-state index contributed by atoms with van der Waals surface area (Å²) in [5.74, 6) is 0. The van der Waals surface area contributed by atoms with Crippen LogP contribution in [0.15, 0.2) is 91.0 Å². The van der Waals surface area contributed by atoms with Gasteiger partial charge in [-0.05, 0) is 67.5 Å². The van der Waals surface area contributed by atoms with Crippen molar-refractivity contribution in [2.24, 2.45) is 0 Å². The minimum atomic E-state index is -0.337. The van der Waals surface area contributed by atoms with E-state index in [1.807, 2.05) is 11.3 Å². The standard InChI is InChI=1S/C30H27BO2S/c1-29(2)30(3,4)33-31(32-29)23-17-15-20(16-18-23)21-9-7-10-22(19-21)24-12-8-13-26-25-11-5-6-14-27(25)34-28(24)26/h5-19H,1-4H3. The second-order valence-corrected chi connectivity index (χ2v) is 11.1. The largest absolute Gasteiger partial charge is 0.494 e. The van der Waals surface area contributed by atoms with Gasteiger partial charge in [0.1, 0.15) is 0 Å². The smallest absolute Gasteiger partial charge is 0.399 e. The fourth-order valence-electron chi connectivity index (χ4n) is 4.65. The molecule has 6 rings (SSSR count). The molecule has 4 heteroatoms. The molecule has 2 heterocycles. The number of fused-ring (bicyclic) bond motifs is 3. The molecule has 0 amide bonds. The van der Waals surface area contributed by atoms with Crippen molar-refractivity contribution >= 4 is 44.1 Å². The molecule has 0 saturated carbocycles. The Hall–Kier alpha value is -2.92. The maximum atomic E-state index is 6.22. The zero-order chi connectivity index (χ0) is 23.5. The molecule has 2 nitrogen and oxygen atoms in total. The third-order valence-electron chi connectivity index (χ3n) is 7.35. The molecule has 168 valence electrons. The summed E-state index contributed by atoms with van der Waals surface area (Å²) in [5.41, 5.74) is 5.30. The van der Waals surface area contributed by atoms with Gasteiger partial charge in [-0.3, -0.25) is 0 Å². The van der Waals surface area contributed by atoms with Crippen LogP contribution in [-0.4, -0.2) is 18.3 Å². The van der Waals surface area contributed by atoms with Crippen molar-refractivity contribution in [1.29, 1.82) is 0 Å². The first-order valence-electron chi connectivity index (χ1n) is 11.8. The monoisotopic (exact) mass is 462 g/mol. The lowest BCUT2D eigenvalue weighted by molar-refractivity contribution is 0.00578. The maximum absolute atomic E-state index is 6.22. The minimum absolute atomic E-state index is 0.335. The quantitative estimate of drug-likeness (QED) is 0.256. The molecule has 1 fully saturated rings. The zero-order valence-corrected chi connectivity index (χ0v) is 20.8. The third-order valence-corrected chi connectivity index (χ3v) is 8.57. The average Bonchev–Trinajstić information content (AvgIpc) is 3.32. The SMILES string of the molecule is CC1(C)OB(c2ccc(-c3cccc(-c4cccc5c4sc4ccccc45)c3)cc2)OC1(C)C. The highest BCUT2D eigenvalue weighted by Gasteiger charge is 2.51. The number of benzene rings is 4. The predicted molar refractivity (Wildman–Crippen MR) is 146 cm³/mol. The number of hydrogen-bond acceptors (Lipinski definition) is 3. The Morgan fingerprint density at radius 2 is 1.26 bits per heavy atom. The first-order chi connectivity index (χ1) is 16.3. The van der Waals surface area contributed by atoms with Crippen molar-refractivity contribution in [1.82, 2.24) is 0 Å². The molecule has 34 heavy (non-hydrogen) atoms. The Morgan fingerprint density at radius 3 is 2.03 bits per heavy atom. The van der Waals surface area contributed by atoms with Crippen LogP contribution in [0.1, 0.15) is 27.7 Å². The van der Waals surface area contributed by atoms with E-state index in [4.69, 9.17) is 9.31 Å². The molecule has 1 aromatic heterocycles. The van der Waals surface area contributed by atoms with Crippen LogP contribution in [0.5, 0.6) is 0 Å². The topological polar surface area (TPSA) is 18.5 Å². The van der Waals surface area contributed by atoms with Crippen LogP contribution in [-0.2, 0) is 9.31 Å². The molecule has 5 aromatic rings. The van der Waals surface area contributed by atoms with E-state index in [9.17, 15) is 0 Å². The molecule has 1 aliphatic rings. The molecular formula is C30H27BO2S. The summed E-state index contributed by atoms with van der Waals surface area (Å²) in [6.07, 6.45) is 0. The maximum Gasteiger partial charge on any atom is 0.494 e. The Balaban J connectivity index is 1.35. The van der Waals surface area contributed by atoms with Gasteiger partial charge in [0.05, 0.1) is 11.2 Å². The van der Waals surface area contributed by atoms with E-state index in [1.165, 1.54) is 42.4 Å². The van der Waals surface area contributed by atoms with Crippen LogP contribution in [0.4, 0.5) is 0 Å².